The van der Waals surface area contributed by atoms with Crippen molar-refractivity contribution in [2.24, 2.45) is 0 Å². The number of carboxylic acids is 4. The molecule has 0 aliphatic heterocycles. The summed E-state index contributed by atoms with van der Waals surface area (Å²) in [5, 5.41) is 42.0. The van der Waals surface area contributed by atoms with Gasteiger partial charge in [0.2, 0.25) is 0 Å². The normalized spacial score (nSPS) is 11.5. The number of carboxylic acid groups (broad SMARTS) is 4. The summed E-state index contributed by atoms with van der Waals surface area (Å²) < 4.78 is 0. The van der Waals surface area contributed by atoms with Gasteiger partial charge in [0.25, 0.3) is 0 Å². The van der Waals surface area contributed by atoms with Gasteiger partial charge in [0.15, 0.2) is 0 Å². The molecule has 0 heterocycles. The smallest absolute Gasteiger partial charge is 0.337 e. The molecule has 8 heteroatoms. The number of hydrogen-bond donors (Lipinski definition) is 4. The number of carbonyl (C=O) groups is 4. The maximum atomic E-state index is 12.1. The SMILES string of the molecule is O=C(O)c1cc2c3ccc(C(=O)O)c4cccc(c5ccc(C(=O)O)c(c1C(=O)O)c52)c43. The van der Waals surface area contributed by atoms with Gasteiger partial charge < -0.3 is 20.4 Å². The molecule has 32 heavy (non-hydrogen) atoms. The van der Waals surface area contributed by atoms with Crippen molar-refractivity contribution in [1.82, 2.24) is 0 Å². The standard InChI is InChI=1S/C24H12O8/c25-21(26)13-6-4-12-15-8-16(23(29)30)20(24(31)32)19-14(22(27)28)7-5-11(18(15)19)9-2-1-3-10(13)17(9)12/h1-8H,(H,25,26)(H,27,28)(H,29,30)(H,31,32). The van der Waals surface area contributed by atoms with Gasteiger partial charge >= 0.3 is 23.9 Å². The predicted molar refractivity (Wildman–Crippen MR) is 115 cm³/mol. The number of rotatable bonds is 4. The average molecular weight is 428 g/mol. The van der Waals surface area contributed by atoms with Crippen molar-refractivity contribution in [2.75, 3.05) is 0 Å². The van der Waals surface area contributed by atoms with Crippen molar-refractivity contribution in [1.29, 1.82) is 0 Å². The van der Waals surface area contributed by atoms with Gasteiger partial charge in [0.1, 0.15) is 0 Å². The summed E-state index contributed by atoms with van der Waals surface area (Å²) in [5.41, 5.74) is -1.42. The van der Waals surface area contributed by atoms with Crippen molar-refractivity contribution >= 4 is 67.0 Å². The number of benzene rings is 5. The Kier molecular flexibility index (Phi) is 3.84. The van der Waals surface area contributed by atoms with Crippen LogP contribution in [0.1, 0.15) is 41.4 Å². The Balaban J connectivity index is 2.21. The van der Waals surface area contributed by atoms with Gasteiger partial charge in [-0.3, -0.25) is 0 Å². The fourth-order valence-corrected chi connectivity index (χ4v) is 4.61. The summed E-state index contributed by atoms with van der Waals surface area (Å²) in [5.74, 6) is -5.59. The second kappa shape index (κ2) is 6.39. The number of fused-ring (bicyclic) bond motifs is 2. The summed E-state index contributed by atoms with van der Waals surface area (Å²) in [6.07, 6.45) is 0. The molecule has 5 aromatic rings. The van der Waals surface area contributed by atoms with E-state index >= 15 is 0 Å². The van der Waals surface area contributed by atoms with Crippen LogP contribution >= 0.6 is 0 Å². The molecule has 0 amide bonds. The minimum atomic E-state index is -1.56. The lowest BCUT2D eigenvalue weighted by Crippen LogP contribution is -2.12. The molecule has 0 atom stereocenters. The molecule has 4 N–H and O–H groups in total. The molecule has 5 aromatic carbocycles. The molecule has 0 bridgehead atoms. The van der Waals surface area contributed by atoms with E-state index in [1.165, 1.54) is 30.3 Å². The molecule has 0 aliphatic carbocycles. The minimum absolute atomic E-state index is 0.0630. The van der Waals surface area contributed by atoms with Crippen LogP contribution in [0.3, 0.4) is 0 Å². The van der Waals surface area contributed by atoms with Crippen LogP contribution in [-0.4, -0.2) is 44.3 Å². The number of hydrogen-bond acceptors (Lipinski definition) is 4. The van der Waals surface area contributed by atoms with Crippen LogP contribution in [0.25, 0.3) is 43.1 Å². The van der Waals surface area contributed by atoms with Gasteiger partial charge in [-0.05, 0) is 55.9 Å². The van der Waals surface area contributed by atoms with E-state index < -0.39 is 35.0 Å². The van der Waals surface area contributed by atoms with Crippen molar-refractivity contribution < 1.29 is 39.6 Å². The fraction of sp³-hybridized carbons (Fsp3) is 0. The first kappa shape index (κ1) is 19.3. The summed E-state index contributed by atoms with van der Waals surface area (Å²) >= 11 is 0. The molecule has 0 aliphatic rings. The molecular weight excluding hydrogens is 416 g/mol. The second-order valence-corrected chi connectivity index (χ2v) is 7.37. The van der Waals surface area contributed by atoms with E-state index in [4.69, 9.17) is 0 Å². The van der Waals surface area contributed by atoms with Gasteiger partial charge in [-0.1, -0.05) is 30.3 Å². The van der Waals surface area contributed by atoms with E-state index in [9.17, 15) is 39.6 Å². The topological polar surface area (TPSA) is 149 Å². The Hall–Kier alpha value is -4.72. The lowest BCUT2D eigenvalue weighted by Gasteiger charge is -2.18. The van der Waals surface area contributed by atoms with Gasteiger partial charge in [-0.15, -0.1) is 0 Å². The highest BCUT2D eigenvalue weighted by molar-refractivity contribution is 6.37. The van der Waals surface area contributed by atoms with E-state index in [-0.39, 0.29) is 16.5 Å². The van der Waals surface area contributed by atoms with E-state index in [1.54, 1.807) is 18.2 Å². The third-order valence-electron chi connectivity index (χ3n) is 5.81. The zero-order chi connectivity index (χ0) is 22.9. The molecule has 0 saturated heterocycles. The van der Waals surface area contributed by atoms with Gasteiger partial charge in [-0.25, -0.2) is 19.2 Å². The molecule has 0 saturated carbocycles. The summed E-state index contributed by atoms with van der Waals surface area (Å²) in [4.78, 5) is 47.7. The van der Waals surface area contributed by atoms with Gasteiger partial charge in [-0.2, -0.15) is 0 Å². The van der Waals surface area contributed by atoms with Crippen LogP contribution < -0.4 is 0 Å². The van der Waals surface area contributed by atoms with E-state index in [1.807, 2.05) is 0 Å². The molecule has 0 spiro atoms. The second-order valence-electron chi connectivity index (χ2n) is 7.37. The predicted octanol–water partition coefficient (Wildman–Crippen LogP) is 4.53. The molecule has 0 aromatic heterocycles. The summed E-state index contributed by atoms with van der Waals surface area (Å²) in [7, 11) is 0. The maximum absolute atomic E-state index is 12.1. The van der Waals surface area contributed by atoms with Crippen molar-refractivity contribution in [3.8, 4) is 0 Å². The molecule has 0 unspecified atom stereocenters. The fourth-order valence-electron chi connectivity index (χ4n) is 4.61. The molecule has 8 nitrogen and oxygen atoms in total. The number of aromatic carboxylic acids is 4. The lowest BCUT2D eigenvalue weighted by molar-refractivity contribution is 0.0652. The Morgan fingerprint density at radius 2 is 1.00 bits per heavy atom. The Morgan fingerprint density at radius 3 is 1.59 bits per heavy atom. The first-order valence-corrected chi connectivity index (χ1v) is 9.35. The molecule has 0 fully saturated rings. The Morgan fingerprint density at radius 1 is 0.469 bits per heavy atom. The third kappa shape index (κ3) is 2.37. The van der Waals surface area contributed by atoms with Crippen LogP contribution in [0.5, 0.6) is 0 Å². The molecule has 0 radical (unpaired) electrons. The highest BCUT2D eigenvalue weighted by Crippen LogP contribution is 2.44. The first-order valence-electron chi connectivity index (χ1n) is 9.35. The zero-order valence-electron chi connectivity index (χ0n) is 16.0. The Bertz CT molecular complexity index is 1680. The van der Waals surface area contributed by atoms with Crippen LogP contribution in [0, 0.1) is 0 Å². The van der Waals surface area contributed by atoms with Crippen LogP contribution in [0.2, 0.25) is 0 Å². The van der Waals surface area contributed by atoms with Crippen molar-refractivity contribution in [3.05, 3.63) is 70.8 Å². The van der Waals surface area contributed by atoms with E-state index in [0.29, 0.717) is 37.7 Å². The zero-order valence-corrected chi connectivity index (χ0v) is 16.0. The minimum Gasteiger partial charge on any atom is -0.478 e. The molecule has 156 valence electrons. The lowest BCUT2D eigenvalue weighted by atomic mass is 9.84. The van der Waals surface area contributed by atoms with E-state index in [2.05, 4.69) is 0 Å². The average Bonchev–Trinajstić information content (AvgIpc) is 2.75. The Labute approximate surface area is 177 Å². The van der Waals surface area contributed by atoms with Crippen LogP contribution in [0.4, 0.5) is 0 Å². The van der Waals surface area contributed by atoms with Crippen molar-refractivity contribution in [3.63, 3.8) is 0 Å². The van der Waals surface area contributed by atoms with Gasteiger partial charge in [0, 0.05) is 5.39 Å². The highest BCUT2D eigenvalue weighted by atomic mass is 16.4. The first-order chi connectivity index (χ1) is 15.2. The third-order valence-corrected chi connectivity index (χ3v) is 5.81. The summed E-state index contributed by atoms with van der Waals surface area (Å²) in [6, 6.07) is 12.0. The van der Waals surface area contributed by atoms with E-state index in [0.717, 1.165) is 0 Å². The molecular formula is C24H12O8. The largest absolute Gasteiger partial charge is 0.478 e. The molecule has 5 rings (SSSR count). The monoisotopic (exact) mass is 428 g/mol. The van der Waals surface area contributed by atoms with Crippen molar-refractivity contribution in [2.45, 2.75) is 0 Å². The van der Waals surface area contributed by atoms with Crippen LogP contribution in [0.15, 0.2) is 48.5 Å². The summed E-state index contributed by atoms with van der Waals surface area (Å²) in [6.45, 7) is 0. The van der Waals surface area contributed by atoms with Crippen LogP contribution in [-0.2, 0) is 0 Å². The van der Waals surface area contributed by atoms with Gasteiger partial charge in [0.05, 0.1) is 22.3 Å². The quantitative estimate of drug-likeness (QED) is 0.241. The highest BCUT2D eigenvalue weighted by Gasteiger charge is 2.28. The maximum Gasteiger partial charge on any atom is 0.337 e.